The monoisotopic (exact) mass is 345 g/mol. The smallest absolute Gasteiger partial charge is 0.274 e. The molecule has 0 unspecified atom stereocenters. The number of hydrogen-bond donors (Lipinski definition) is 2. The number of pyridine rings is 1. The molecule has 106 valence electrons. The third-order valence-electron chi connectivity index (χ3n) is 3.28. The van der Waals surface area contributed by atoms with E-state index < -0.39 is 0 Å². The molecule has 21 heavy (non-hydrogen) atoms. The van der Waals surface area contributed by atoms with E-state index in [1.54, 1.807) is 10.6 Å². The summed E-state index contributed by atoms with van der Waals surface area (Å²) in [5.41, 5.74) is 1.42. The summed E-state index contributed by atoms with van der Waals surface area (Å²) < 4.78 is 2.52. The van der Waals surface area contributed by atoms with Crippen molar-refractivity contribution in [3.05, 3.63) is 52.8 Å². The topological polar surface area (TPSA) is 67.2 Å². The number of carbonyl (C=O) groups is 1. The first-order valence-electron chi connectivity index (χ1n) is 6.28. The van der Waals surface area contributed by atoms with Gasteiger partial charge in [0.05, 0.1) is 4.47 Å². The number of carbonyl (C=O) groups excluding carboxylic acids is 1. The van der Waals surface area contributed by atoms with Crippen LogP contribution < -0.4 is 5.32 Å². The van der Waals surface area contributed by atoms with E-state index in [0.717, 1.165) is 10.9 Å². The molecule has 3 aromatic rings. The number of fused-ring (bicyclic) bond motifs is 1. The molecule has 0 radical (unpaired) electrons. The average Bonchev–Trinajstić information content (AvgIpc) is 2.74. The summed E-state index contributed by atoms with van der Waals surface area (Å²) in [4.78, 5) is 16.4. The molecule has 0 aliphatic carbocycles. The highest BCUT2D eigenvalue weighted by Crippen LogP contribution is 2.31. The maximum absolute atomic E-state index is 12.5. The van der Waals surface area contributed by atoms with Crippen molar-refractivity contribution in [3.8, 4) is 5.75 Å². The largest absolute Gasteiger partial charge is 0.504 e. The van der Waals surface area contributed by atoms with E-state index in [4.69, 9.17) is 0 Å². The van der Waals surface area contributed by atoms with Crippen molar-refractivity contribution in [2.24, 2.45) is 7.05 Å². The maximum atomic E-state index is 12.5. The van der Waals surface area contributed by atoms with Gasteiger partial charge in [0.25, 0.3) is 5.91 Å². The minimum absolute atomic E-state index is 0.0688. The van der Waals surface area contributed by atoms with E-state index in [1.807, 2.05) is 31.3 Å². The third-order valence-corrected chi connectivity index (χ3v) is 4.08. The van der Waals surface area contributed by atoms with Gasteiger partial charge in [0.1, 0.15) is 5.69 Å². The number of aryl methyl sites for hydroxylation is 1. The van der Waals surface area contributed by atoms with Crippen LogP contribution in [-0.2, 0) is 7.05 Å². The van der Waals surface area contributed by atoms with Crippen molar-refractivity contribution in [3.63, 3.8) is 0 Å². The second-order valence-electron chi connectivity index (χ2n) is 4.56. The molecule has 1 aromatic carbocycles. The Bertz CT molecular complexity index is 803. The van der Waals surface area contributed by atoms with Crippen LogP contribution in [0.1, 0.15) is 10.5 Å². The number of benzene rings is 1. The van der Waals surface area contributed by atoms with Gasteiger partial charge in [0.2, 0.25) is 0 Å². The number of nitrogens with zero attached hydrogens (tertiary/aromatic N) is 2. The lowest BCUT2D eigenvalue weighted by molar-refractivity contribution is 0.101. The van der Waals surface area contributed by atoms with Crippen LogP contribution in [0.15, 0.2) is 47.1 Å². The number of aromatic nitrogens is 2. The van der Waals surface area contributed by atoms with Crippen LogP contribution in [0.25, 0.3) is 10.9 Å². The summed E-state index contributed by atoms with van der Waals surface area (Å²) in [7, 11) is 1.82. The van der Waals surface area contributed by atoms with Gasteiger partial charge in [0.15, 0.2) is 11.6 Å². The van der Waals surface area contributed by atoms with E-state index >= 15 is 0 Å². The Balaban J connectivity index is 2.05. The molecular weight excluding hydrogens is 334 g/mol. The first-order valence-corrected chi connectivity index (χ1v) is 7.07. The Morgan fingerprint density at radius 1 is 1.29 bits per heavy atom. The highest BCUT2D eigenvalue weighted by molar-refractivity contribution is 9.10. The molecule has 0 fully saturated rings. The summed E-state index contributed by atoms with van der Waals surface area (Å²) in [6, 6.07) is 10.8. The summed E-state index contributed by atoms with van der Waals surface area (Å²) in [5, 5.41) is 13.3. The lowest BCUT2D eigenvalue weighted by atomic mass is 10.2. The lowest BCUT2D eigenvalue weighted by Gasteiger charge is -2.07. The molecule has 0 spiro atoms. The molecule has 1 amide bonds. The van der Waals surface area contributed by atoms with Crippen molar-refractivity contribution in [2.45, 2.75) is 0 Å². The van der Waals surface area contributed by atoms with Crippen LogP contribution in [0.5, 0.6) is 5.75 Å². The highest BCUT2D eigenvalue weighted by Gasteiger charge is 2.20. The zero-order valence-corrected chi connectivity index (χ0v) is 12.8. The quantitative estimate of drug-likeness (QED) is 0.748. The fourth-order valence-corrected chi connectivity index (χ4v) is 3.04. The second-order valence-corrected chi connectivity index (χ2v) is 5.36. The molecule has 0 aliphatic rings. The normalized spacial score (nSPS) is 10.8. The summed E-state index contributed by atoms with van der Waals surface area (Å²) in [6.07, 6.45) is 1.51. The van der Waals surface area contributed by atoms with Crippen LogP contribution in [0.2, 0.25) is 0 Å². The molecule has 2 N–H and O–H groups in total. The van der Waals surface area contributed by atoms with Crippen LogP contribution in [-0.4, -0.2) is 20.6 Å². The Hall–Kier alpha value is -2.34. The predicted octanol–water partition coefficient (Wildman–Crippen LogP) is 3.29. The molecule has 0 bridgehead atoms. The van der Waals surface area contributed by atoms with Crippen LogP contribution in [0, 0.1) is 0 Å². The Labute approximate surface area is 129 Å². The number of rotatable bonds is 2. The summed E-state index contributed by atoms with van der Waals surface area (Å²) in [5.74, 6) is -0.269. The molecule has 0 saturated heterocycles. The molecule has 0 atom stereocenters. The first-order chi connectivity index (χ1) is 10.1. The predicted molar refractivity (Wildman–Crippen MR) is 84.5 cm³/mol. The van der Waals surface area contributed by atoms with Crippen LogP contribution in [0.4, 0.5) is 5.82 Å². The number of halogens is 1. The first kappa shape index (κ1) is 13.6. The van der Waals surface area contributed by atoms with Gasteiger partial charge in [-0.1, -0.05) is 18.2 Å². The third kappa shape index (κ3) is 2.27. The zero-order valence-electron chi connectivity index (χ0n) is 11.2. The lowest BCUT2D eigenvalue weighted by Crippen LogP contribution is -2.17. The zero-order chi connectivity index (χ0) is 15.0. The molecule has 0 aliphatic heterocycles. The standard InChI is InChI=1S/C15H12BrN3O2/c1-19-10-6-3-2-5-9(10)12(16)13(19)15(21)18-14-11(20)7-4-8-17-14/h2-8,20H,1H3,(H,17,18,21). The number of aromatic hydroxyl groups is 1. The minimum atomic E-state index is -0.338. The van der Waals surface area contributed by atoms with Gasteiger partial charge < -0.3 is 15.0 Å². The number of nitrogens with one attached hydrogen (secondary N) is 1. The van der Waals surface area contributed by atoms with Crippen molar-refractivity contribution in [1.82, 2.24) is 9.55 Å². The van der Waals surface area contributed by atoms with Crippen molar-refractivity contribution in [2.75, 3.05) is 5.32 Å². The van der Waals surface area contributed by atoms with Gasteiger partial charge in [-0.3, -0.25) is 4.79 Å². The molecule has 2 heterocycles. The van der Waals surface area contributed by atoms with E-state index in [1.165, 1.54) is 12.3 Å². The van der Waals surface area contributed by atoms with Gasteiger partial charge >= 0.3 is 0 Å². The Kier molecular flexibility index (Phi) is 3.39. The number of anilines is 1. The molecule has 5 nitrogen and oxygen atoms in total. The number of para-hydroxylation sites is 1. The Morgan fingerprint density at radius 3 is 2.76 bits per heavy atom. The van der Waals surface area contributed by atoms with Crippen LogP contribution in [0.3, 0.4) is 0 Å². The van der Waals surface area contributed by atoms with Crippen LogP contribution >= 0.6 is 15.9 Å². The number of hydrogen-bond acceptors (Lipinski definition) is 3. The van der Waals surface area contributed by atoms with Gasteiger partial charge in [-0.25, -0.2) is 4.98 Å². The fraction of sp³-hybridized carbons (Fsp3) is 0.0667. The summed E-state index contributed by atoms with van der Waals surface area (Å²) in [6.45, 7) is 0. The van der Waals surface area contributed by atoms with Crippen molar-refractivity contribution < 1.29 is 9.90 Å². The fourth-order valence-electron chi connectivity index (χ4n) is 2.26. The maximum Gasteiger partial charge on any atom is 0.274 e. The summed E-state index contributed by atoms with van der Waals surface area (Å²) >= 11 is 3.47. The molecular formula is C15H12BrN3O2. The molecule has 6 heteroatoms. The van der Waals surface area contributed by atoms with Gasteiger partial charge in [0, 0.05) is 24.1 Å². The molecule has 2 aromatic heterocycles. The van der Waals surface area contributed by atoms with Crippen molar-refractivity contribution >= 4 is 38.6 Å². The average molecular weight is 346 g/mol. The van der Waals surface area contributed by atoms with Gasteiger partial charge in [-0.2, -0.15) is 0 Å². The SMILES string of the molecule is Cn1c(C(=O)Nc2ncccc2O)c(Br)c2ccccc21. The Morgan fingerprint density at radius 2 is 2.05 bits per heavy atom. The van der Waals surface area contributed by atoms with Gasteiger partial charge in [-0.15, -0.1) is 0 Å². The van der Waals surface area contributed by atoms with Gasteiger partial charge in [-0.05, 0) is 34.1 Å². The highest BCUT2D eigenvalue weighted by atomic mass is 79.9. The molecule has 0 saturated carbocycles. The molecule has 3 rings (SSSR count). The van der Waals surface area contributed by atoms with Crippen molar-refractivity contribution in [1.29, 1.82) is 0 Å². The minimum Gasteiger partial charge on any atom is -0.504 e. The number of amides is 1. The van der Waals surface area contributed by atoms with E-state index in [2.05, 4.69) is 26.2 Å². The van der Waals surface area contributed by atoms with E-state index in [0.29, 0.717) is 10.2 Å². The second kappa shape index (κ2) is 5.21. The van der Waals surface area contributed by atoms with E-state index in [-0.39, 0.29) is 17.5 Å². The van der Waals surface area contributed by atoms with E-state index in [9.17, 15) is 9.90 Å².